The fourth-order valence-corrected chi connectivity index (χ4v) is 0. The molecule has 0 aliphatic rings. The Labute approximate surface area is 64.8 Å². The zero-order valence-electron chi connectivity index (χ0n) is 3.12. The van der Waals surface area contributed by atoms with Crippen molar-refractivity contribution in [1.82, 2.24) is 0 Å². The van der Waals surface area contributed by atoms with Crippen molar-refractivity contribution in [1.29, 1.82) is 0 Å². The molecule has 0 spiro atoms. The van der Waals surface area contributed by atoms with Gasteiger partial charge in [0, 0.05) is 0 Å². The van der Waals surface area contributed by atoms with Crippen molar-refractivity contribution >= 4 is 45.1 Å². The maximum atomic E-state index is 4.21. The van der Waals surface area contributed by atoms with Gasteiger partial charge in [0.2, 0.25) is 0 Å². The van der Waals surface area contributed by atoms with Crippen molar-refractivity contribution in [2.24, 2.45) is 0 Å². The number of hydrogen-bond donors (Lipinski definition) is 0. The van der Waals surface area contributed by atoms with Crippen molar-refractivity contribution in [2.75, 3.05) is 0 Å². The molecule has 0 rings (SSSR count). The van der Waals surface area contributed by atoms with E-state index >= 15 is 0 Å². The molecule has 20 valence electrons. The fourth-order valence-electron chi connectivity index (χ4n) is 0. The normalized spacial score (nSPS) is 1.00. The van der Waals surface area contributed by atoms with Crippen molar-refractivity contribution < 1.29 is 20.3 Å². The van der Waals surface area contributed by atoms with E-state index in [9.17, 15) is 0 Å². The van der Waals surface area contributed by atoms with E-state index in [1.54, 1.807) is 0 Å². The molecule has 0 bridgehead atoms. The topological polar surface area (TPSA) is 0 Å². The van der Waals surface area contributed by atoms with Crippen LogP contribution in [-0.2, 0) is 0 Å². The summed E-state index contributed by atoms with van der Waals surface area (Å²) >= 11 is 0.958. The zero-order chi connectivity index (χ0) is 2.00. The molecule has 0 nitrogen and oxygen atoms in total. The van der Waals surface area contributed by atoms with Gasteiger partial charge in [-0.1, -0.05) is 0 Å². The molecule has 0 aliphatic carbocycles. The standard InChI is InChI=1S/Ga.GeH2S.Li.4H/c;1-2;;;;;/h;1H2;;;;;/q;;+1;;;;-1. The second-order valence-electron chi connectivity index (χ2n) is 0. The first-order valence-corrected chi connectivity index (χ1v) is 4.50. The van der Waals surface area contributed by atoms with E-state index in [0.717, 1.165) is 14.9 Å². The molecule has 0 saturated heterocycles. The van der Waals surface area contributed by atoms with Gasteiger partial charge in [-0.2, -0.15) is 0 Å². The van der Waals surface area contributed by atoms with Gasteiger partial charge in [0.15, 0.2) is 0 Å². The van der Waals surface area contributed by atoms with E-state index in [2.05, 4.69) is 10.5 Å². The summed E-state index contributed by atoms with van der Waals surface area (Å²) in [4.78, 5) is 0. The van der Waals surface area contributed by atoms with Gasteiger partial charge in [0.05, 0.1) is 0 Å². The molecule has 0 fully saturated rings. The van der Waals surface area contributed by atoms with Crippen LogP contribution in [0.2, 0.25) is 0 Å². The molecule has 0 unspecified atom stereocenters. The third-order valence-corrected chi connectivity index (χ3v) is 0. The van der Waals surface area contributed by atoms with E-state index in [-0.39, 0.29) is 40.1 Å². The Bertz CT molecular complexity index is 11.6. The summed E-state index contributed by atoms with van der Waals surface area (Å²) in [5.41, 5.74) is 0. The van der Waals surface area contributed by atoms with Crippen LogP contribution in [-0.4, -0.2) is 34.6 Å². The quantitative estimate of drug-likeness (QED) is 0.346. The first kappa shape index (κ1) is 16.7. The molecule has 0 atom stereocenters. The summed E-state index contributed by atoms with van der Waals surface area (Å²) < 4.78 is 0. The van der Waals surface area contributed by atoms with Crippen LogP contribution < -0.4 is 18.9 Å². The Kier molecular flexibility index (Phi) is 83.4. The Morgan fingerprint density at radius 3 is 1.50 bits per heavy atom. The van der Waals surface area contributed by atoms with Gasteiger partial charge in [-0.25, -0.2) is 0 Å². The van der Waals surface area contributed by atoms with Crippen LogP contribution in [0.3, 0.4) is 0 Å². The minimum atomic E-state index is 0. The van der Waals surface area contributed by atoms with Crippen LogP contribution in [0.1, 0.15) is 1.43 Å². The average Bonchev–Trinajstić information content (AvgIpc) is 1.00. The molecular weight excluding hydrogens is 181 g/mol. The van der Waals surface area contributed by atoms with Crippen LogP contribution in [0, 0.1) is 0 Å². The number of rotatable bonds is 0. The average molecular weight is 187 g/mol. The van der Waals surface area contributed by atoms with Gasteiger partial charge < -0.3 is 1.43 Å². The van der Waals surface area contributed by atoms with Gasteiger partial charge in [-0.15, -0.1) is 0 Å². The Hall–Kier alpha value is 2.00. The van der Waals surface area contributed by atoms with Crippen molar-refractivity contribution in [3.05, 3.63) is 0 Å². The first-order chi connectivity index (χ1) is 1.00. The predicted octanol–water partition coefficient (Wildman–Crippen LogP) is -4.34. The summed E-state index contributed by atoms with van der Waals surface area (Å²) in [6, 6.07) is 0. The summed E-state index contributed by atoms with van der Waals surface area (Å²) in [6.45, 7) is 0. The maximum absolute atomic E-state index is 4.21. The van der Waals surface area contributed by atoms with E-state index in [0.29, 0.717) is 0 Å². The second-order valence-corrected chi connectivity index (χ2v) is 0. The molecule has 0 aromatic rings. The zero-order valence-corrected chi connectivity index (χ0v) is 5.90. The Morgan fingerprint density at radius 1 is 1.50 bits per heavy atom. The van der Waals surface area contributed by atoms with Crippen LogP contribution in [0.25, 0.3) is 0 Å². The van der Waals surface area contributed by atoms with Crippen molar-refractivity contribution in [3.8, 4) is 0 Å². The molecule has 0 saturated carbocycles. The van der Waals surface area contributed by atoms with Crippen molar-refractivity contribution in [3.63, 3.8) is 0 Å². The summed E-state index contributed by atoms with van der Waals surface area (Å²) in [6.07, 6.45) is 0. The SMILES string of the molecule is [GaH3].[H-].[Li+].[S]=[GeH2]. The molecule has 0 amide bonds. The second kappa shape index (κ2) is 20.0. The van der Waals surface area contributed by atoms with Gasteiger partial charge >= 0.3 is 64.0 Å². The number of hydrogen-bond acceptors (Lipinski definition) is 1. The summed E-state index contributed by atoms with van der Waals surface area (Å²) in [5, 5.41) is 0. The van der Waals surface area contributed by atoms with E-state index in [1.807, 2.05) is 0 Å². The Morgan fingerprint density at radius 2 is 1.50 bits per heavy atom. The third-order valence-electron chi connectivity index (χ3n) is 0. The molecule has 0 radical (unpaired) electrons. The van der Waals surface area contributed by atoms with Gasteiger partial charge in [0.1, 0.15) is 0 Å². The van der Waals surface area contributed by atoms with Crippen LogP contribution in [0.15, 0.2) is 0 Å². The van der Waals surface area contributed by atoms with E-state index in [4.69, 9.17) is 0 Å². The molecule has 0 aromatic carbocycles. The van der Waals surface area contributed by atoms with Crippen LogP contribution in [0.5, 0.6) is 0 Å². The molecule has 0 heterocycles. The van der Waals surface area contributed by atoms with E-state index < -0.39 is 0 Å². The minimum absolute atomic E-state index is 0. The molecule has 0 aromatic heterocycles. The van der Waals surface area contributed by atoms with Crippen LogP contribution in [0.4, 0.5) is 0 Å². The van der Waals surface area contributed by atoms with E-state index in [1.165, 1.54) is 0 Å². The Balaban J connectivity index is -0.00000000167. The monoisotopic (exact) mass is 188 g/mol. The fraction of sp³-hybridized carbons (Fsp3) is 0. The molecular formula is H6GaGeLiS. The predicted molar refractivity (Wildman–Crippen MR) is 27.2 cm³/mol. The molecule has 0 N–H and O–H groups in total. The molecule has 0 aliphatic heterocycles. The summed E-state index contributed by atoms with van der Waals surface area (Å²) in [5.74, 6) is 0. The van der Waals surface area contributed by atoms with Gasteiger partial charge in [-0.3, -0.25) is 0 Å². The molecule has 4 heavy (non-hydrogen) atoms. The summed E-state index contributed by atoms with van der Waals surface area (Å²) in [7, 11) is 4.21. The van der Waals surface area contributed by atoms with Gasteiger partial charge in [0.25, 0.3) is 0 Å². The molecule has 4 heteroatoms. The van der Waals surface area contributed by atoms with Gasteiger partial charge in [-0.05, 0) is 0 Å². The third kappa shape index (κ3) is 9.00. The first-order valence-electron chi connectivity index (χ1n) is 0.289. The van der Waals surface area contributed by atoms with Crippen LogP contribution >= 0.6 is 10.5 Å². The van der Waals surface area contributed by atoms with Crippen molar-refractivity contribution in [2.45, 2.75) is 0 Å².